The number of nitrogens with zero attached hydrogens (tertiary/aromatic N) is 2. The third-order valence-electron chi connectivity index (χ3n) is 2.45. The van der Waals surface area contributed by atoms with Crippen LogP contribution in [0.1, 0.15) is 10.4 Å². The third kappa shape index (κ3) is 2.13. The Balaban J connectivity index is 2.52. The van der Waals surface area contributed by atoms with Gasteiger partial charge in [0.15, 0.2) is 0 Å². The highest BCUT2D eigenvalue weighted by Gasteiger charge is 2.15. The van der Waals surface area contributed by atoms with Crippen molar-refractivity contribution in [1.29, 1.82) is 0 Å². The predicted octanol–water partition coefficient (Wildman–Crippen LogP) is 1.22. The molecule has 0 unspecified atom stereocenters. The number of aromatic nitrogens is 2. The molecule has 0 bridgehead atoms. The molecule has 18 heavy (non-hydrogen) atoms. The van der Waals surface area contributed by atoms with Crippen molar-refractivity contribution in [3.05, 3.63) is 42.0 Å². The van der Waals surface area contributed by atoms with E-state index in [0.29, 0.717) is 5.56 Å². The molecule has 2 rings (SSSR count). The summed E-state index contributed by atoms with van der Waals surface area (Å²) in [6.45, 7) is 0. The Morgan fingerprint density at radius 1 is 1.33 bits per heavy atom. The number of amides is 1. The topological polar surface area (TPSA) is 80.9 Å². The maximum Gasteiger partial charge on any atom is 0.254 e. The molecule has 0 aliphatic heterocycles. The van der Waals surface area contributed by atoms with E-state index in [1.165, 1.54) is 25.5 Å². The number of hydrogen-bond acceptors (Lipinski definition) is 4. The van der Waals surface area contributed by atoms with Crippen LogP contribution in [0.15, 0.2) is 30.6 Å². The fraction of sp³-hybridized carbons (Fsp3) is 0.0833. The number of hydrogen-bond donors (Lipinski definition) is 2. The molecule has 0 saturated carbocycles. The Bertz CT molecular complexity index is 583. The van der Waals surface area contributed by atoms with E-state index in [1.807, 2.05) is 0 Å². The van der Waals surface area contributed by atoms with Gasteiger partial charge >= 0.3 is 0 Å². The van der Waals surface area contributed by atoms with Crippen molar-refractivity contribution < 1.29 is 9.18 Å². The monoisotopic (exact) mass is 246 g/mol. The summed E-state index contributed by atoms with van der Waals surface area (Å²) in [5.41, 5.74) is 6.07. The molecule has 0 fully saturated rings. The van der Waals surface area contributed by atoms with Gasteiger partial charge in [0.2, 0.25) is 5.95 Å². The van der Waals surface area contributed by atoms with Gasteiger partial charge in [-0.1, -0.05) is 12.1 Å². The molecule has 0 saturated heterocycles. The second-order valence-electron chi connectivity index (χ2n) is 3.58. The first kappa shape index (κ1) is 12.0. The number of rotatable bonds is 2. The molecule has 6 heteroatoms. The molecule has 1 aromatic carbocycles. The van der Waals surface area contributed by atoms with Gasteiger partial charge in [-0.05, 0) is 6.07 Å². The highest BCUT2D eigenvalue weighted by atomic mass is 19.1. The molecular weight excluding hydrogens is 235 g/mol. The van der Waals surface area contributed by atoms with E-state index in [-0.39, 0.29) is 17.1 Å². The number of nitrogen functional groups attached to an aromatic ring is 1. The lowest BCUT2D eigenvalue weighted by atomic mass is 10.0. The van der Waals surface area contributed by atoms with Crippen molar-refractivity contribution >= 4 is 11.9 Å². The van der Waals surface area contributed by atoms with Gasteiger partial charge in [-0.25, -0.2) is 14.4 Å². The number of anilines is 1. The predicted molar refractivity (Wildman–Crippen MR) is 65.2 cm³/mol. The molecule has 0 aliphatic carbocycles. The summed E-state index contributed by atoms with van der Waals surface area (Å²) in [5, 5.41) is 2.38. The average Bonchev–Trinajstić information content (AvgIpc) is 2.39. The molecule has 0 spiro atoms. The first-order valence-corrected chi connectivity index (χ1v) is 5.22. The maximum atomic E-state index is 14.1. The first-order valence-electron chi connectivity index (χ1n) is 5.22. The van der Waals surface area contributed by atoms with Gasteiger partial charge in [0.05, 0.1) is 5.56 Å². The van der Waals surface area contributed by atoms with Crippen molar-refractivity contribution in [3.63, 3.8) is 0 Å². The van der Waals surface area contributed by atoms with Crippen molar-refractivity contribution in [3.8, 4) is 11.1 Å². The summed E-state index contributed by atoms with van der Waals surface area (Å²) in [6, 6.07) is 4.56. The highest BCUT2D eigenvalue weighted by Crippen LogP contribution is 2.24. The lowest BCUT2D eigenvalue weighted by molar-refractivity contribution is 0.0959. The van der Waals surface area contributed by atoms with E-state index in [0.717, 1.165) is 0 Å². The summed E-state index contributed by atoms with van der Waals surface area (Å²) < 4.78 is 14.1. The van der Waals surface area contributed by atoms with Gasteiger partial charge < -0.3 is 11.1 Å². The second-order valence-corrected chi connectivity index (χ2v) is 3.58. The second kappa shape index (κ2) is 4.79. The van der Waals surface area contributed by atoms with Crippen molar-refractivity contribution in [2.45, 2.75) is 0 Å². The minimum absolute atomic E-state index is 0.0215. The van der Waals surface area contributed by atoms with E-state index >= 15 is 0 Å². The summed E-state index contributed by atoms with van der Waals surface area (Å²) in [4.78, 5) is 19.1. The van der Waals surface area contributed by atoms with Crippen molar-refractivity contribution in [1.82, 2.24) is 15.3 Å². The van der Waals surface area contributed by atoms with Gasteiger partial charge in [0.25, 0.3) is 5.91 Å². The lowest BCUT2D eigenvalue weighted by Crippen LogP contribution is -2.19. The standard InChI is InChI=1S/C12H11FN4O/c1-15-11(18)9-4-2-3-8(10(9)13)7-5-16-12(14)17-6-7/h2-6H,1H3,(H,15,18)(H2,14,16,17). The minimum Gasteiger partial charge on any atom is -0.368 e. The first-order chi connectivity index (χ1) is 8.63. The molecule has 92 valence electrons. The van der Waals surface area contributed by atoms with Gasteiger partial charge in [0.1, 0.15) is 5.82 Å². The SMILES string of the molecule is CNC(=O)c1cccc(-c2cnc(N)nc2)c1F. The van der Waals surface area contributed by atoms with Crippen LogP contribution in [0.3, 0.4) is 0 Å². The number of carbonyl (C=O) groups is 1. The normalized spacial score (nSPS) is 10.1. The molecular formula is C12H11FN4O. The zero-order chi connectivity index (χ0) is 13.1. The molecule has 0 atom stereocenters. The molecule has 0 aliphatic rings. The van der Waals surface area contributed by atoms with Crippen LogP contribution in [0.4, 0.5) is 10.3 Å². The Hall–Kier alpha value is -2.50. The van der Waals surface area contributed by atoms with E-state index < -0.39 is 11.7 Å². The van der Waals surface area contributed by atoms with Crippen LogP contribution in [-0.4, -0.2) is 22.9 Å². The third-order valence-corrected chi connectivity index (χ3v) is 2.45. The van der Waals surface area contributed by atoms with E-state index in [1.54, 1.807) is 12.1 Å². The van der Waals surface area contributed by atoms with Crippen LogP contribution in [0.25, 0.3) is 11.1 Å². The Morgan fingerprint density at radius 2 is 2.00 bits per heavy atom. The molecule has 3 N–H and O–H groups in total. The summed E-state index contributed by atoms with van der Waals surface area (Å²) in [7, 11) is 1.45. The van der Waals surface area contributed by atoms with Crippen LogP contribution in [0.2, 0.25) is 0 Å². The van der Waals surface area contributed by atoms with Gasteiger partial charge in [-0.2, -0.15) is 0 Å². The lowest BCUT2D eigenvalue weighted by Gasteiger charge is -2.07. The largest absolute Gasteiger partial charge is 0.368 e. The fourth-order valence-electron chi connectivity index (χ4n) is 1.54. The Kier molecular flexibility index (Phi) is 3.18. The Labute approximate surface area is 103 Å². The summed E-state index contributed by atoms with van der Waals surface area (Å²) >= 11 is 0. The molecule has 2 aromatic rings. The zero-order valence-electron chi connectivity index (χ0n) is 9.64. The van der Waals surface area contributed by atoms with Gasteiger partial charge in [-0.3, -0.25) is 4.79 Å². The molecule has 0 radical (unpaired) electrons. The minimum atomic E-state index is -0.606. The quantitative estimate of drug-likeness (QED) is 0.835. The van der Waals surface area contributed by atoms with Crippen molar-refractivity contribution in [2.24, 2.45) is 0 Å². The van der Waals surface area contributed by atoms with Gasteiger partial charge in [-0.15, -0.1) is 0 Å². The van der Waals surface area contributed by atoms with Crippen LogP contribution < -0.4 is 11.1 Å². The van der Waals surface area contributed by atoms with E-state index in [9.17, 15) is 9.18 Å². The smallest absolute Gasteiger partial charge is 0.254 e. The maximum absolute atomic E-state index is 14.1. The average molecular weight is 246 g/mol. The summed E-state index contributed by atoms with van der Waals surface area (Å²) in [6.07, 6.45) is 2.82. The number of nitrogens with two attached hydrogens (primary N) is 1. The molecule has 1 heterocycles. The Morgan fingerprint density at radius 3 is 2.61 bits per heavy atom. The van der Waals surface area contributed by atoms with E-state index in [2.05, 4.69) is 15.3 Å². The summed E-state index contributed by atoms with van der Waals surface area (Å²) in [5.74, 6) is -0.974. The number of benzene rings is 1. The van der Waals surface area contributed by atoms with E-state index in [4.69, 9.17) is 5.73 Å². The molecule has 5 nitrogen and oxygen atoms in total. The fourth-order valence-corrected chi connectivity index (χ4v) is 1.54. The van der Waals surface area contributed by atoms with Gasteiger partial charge in [0, 0.05) is 30.6 Å². The van der Waals surface area contributed by atoms with Crippen LogP contribution >= 0.6 is 0 Å². The molecule has 1 aromatic heterocycles. The van der Waals surface area contributed by atoms with Crippen molar-refractivity contribution in [2.75, 3.05) is 12.8 Å². The van der Waals surface area contributed by atoms with Crippen LogP contribution in [0.5, 0.6) is 0 Å². The number of halogens is 1. The zero-order valence-corrected chi connectivity index (χ0v) is 9.64. The van der Waals surface area contributed by atoms with Crippen LogP contribution in [0, 0.1) is 5.82 Å². The molecule has 1 amide bonds. The number of nitrogens with one attached hydrogen (secondary N) is 1. The highest BCUT2D eigenvalue weighted by molar-refractivity contribution is 5.95. The number of carbonyl (C=O) groups excluding carboxylic acids is 1. The van der Waals surface area contributed by atoms with Crippen LogP contribution in [-0.2, 0) is 0 Å².